The Morgan fingerprint density at radius 2 is 1.55 bits per heavy atom. The van der Waals surface area contributed by atoms with Crippen LogP contribution in [0.5, 0.6) is 0 Å². The van der Waals surface area contributed by atoms with Crippen molar-refractivity contribution in [2.75, 3.05) is 0 Å². The van der Waals surface area contributed by atoms with Crippen molar-refractivity contribution in [3.63, 3.8) is 0 Å². The van der Waals surface area contributed by atoms with Gasteiger partial charge in [-0.2, -0.15) is 10.1 Å². The molecule has 1 aromatic rings. The van der Waals surface area contributed by atoms with E-state index in [0.29, 0.717) is 5.56 Å². The van der Waals surface area contributed by atoms with Crippen LogP contribution >= 0.6 is 0 Å². The van der Waals surface area contributed by atoms with Crippen molar-refractivity contribution in [3.8, 4) is 0 Å². The third-order valence-electron chi connectivity index (χ3n) is 4.93. The zero-order chi connectivity index (χ0) is 15.3. The molecular formula is C17H15FN2O2. The van der Waals surface area contributed by atoms with Crippen LogP contribution < -0.4 is 0 Å². The maximum Gasteiger partial charge on any atom is 0.254 e. The SMILES string of the molecule is O=C1[C@@H]2[C@H](C(=O)N1/N=C\c1ccc(F)cc1)[C@H]1C=C[C@H]2CC1. The van der Waals surface area contributed by atoms with Gasteiger partial charge in [-0.3, -0.25) is 9.59 Å². The Kier molecular flexibility index (Phi) is 2.96. The highest BCUT2D eigenvalue weighted by Gasteiger charge is 2.56. The fourth-order valence-corrected chi connectivity index (χ4v) is 3.85. The fourth-order valence-electron chi connectivity index (χ4n) is 3.85. The summed E-state index contributed by atoms with van der Waals surface area (Å²) in [5.41, 5.74) is 0.651. The van der Waals surface area contributed by atoms with Gasteiger partial charge < -0.3 is 0 Å². The molecule has 5 heteroatoms. The first-order chi connectivity index (χ1) is 10.6. The normalized spacial score (nSPS) is 33.0. The van der Waals surface area contributed by atoms with Crippen LogP contribution in [0.2, 0.25) is 0 Å². The molecule has 2 amide bonds. The molecule has 3 aliphatic carbocycles. The van der Waals surface area contributed by atoms with Crippen LogP contribution in [0.25, 0.3) is 0 Å². The molecule has 0 spiro atoms. The minimum Gasteiger partial charge on any atom is -0.272 e. The number of imide groups is 1. The first-order valence-electron chi connectivity index (χ1n) is 7.51. The van der Waals surface area contributed by atoms with E-state index in [1.54, 1.807) is 12.1 Å². The van der Waals surface area contributed by atoms with Gasteiger partial charge in [0.2, 0.25) is 0 Å². The first kappa shape index (κ1) is 13.4. The zero-order valence-electron chi connectivity index (χ0n) is 11.9. The molecule has 1 saturated heterocycles. The second-order valence-corrected chi connectivity index (χ2v) is 6.13. The summed E-state index contributed by atoms with van der Waals surface area (Å²) in [5, 5.41) is 5.08. The highest BCUT2D eigenvalue weighted by Crippen LogP contribution is 2.49. The quantitative estimate of drug-likeness (QED) is 0.478. The number of carbonyl (C=O) groups excluding carboxylic acids is 2. The van der Waals surface area contributed by atoms with Crippen molar-refractivity contribution in [2.45, 2.75) is 12.8 Å². The van der Waals surface area contributed by atoms with Crippen LogP contribution in [0, 0.1) is 29.5 Å². The van der Waals surface area contributed by atoms with E-state index in [9.17, 15) is 14.0 Å². The minimum atomic E-state index is -0.334. The maximum absolute atomic E-state index is 12.9. The molecule has 22 heavy (non-hydrogen) atoms. The second kappa shape index (κ2) is 4.87. The fraction of sp³-hybridized carbons (Fsp3) is 0.353. The number of carbonyl (C=O) groups is 2. The summed E-state index contributed by atoms with van der Waals surface area (Å²) >= 11 is 0. The number of hydrogen-bond donors (Lipinski definition) is 0. The van der Waals surface area contributed by atoms with Gasteiger partial charge in [-0.05, 0) is 42.4 Å². The molecule has 0 aromatic heterocycles. The molecule has 4 atom stereocenters. The van der Waals surface area contributed by atoms with E-state index in [4.69, 9.17) is 0 Å². The lowest BCUT2D eigenvalue weighted by Gasteiger charge is -2.37. The molecule has 5 rings (SSSR count). The van der Waals surface area contributed by atoms with Gasteiger partial charge in [0.1, 0.15) is 5.82 Å². The van der Waals surface area contributed by atoms with Crippen molar-refractivity contribution < 1.29 is 14.0 Å². The lowest BCUT2D eigenvalue weighted by Crippen LogP contribution is -2.38. The Morgan fingerprint density at radius 1 is 1.00 bits per heavy atom. The van der Waals surface area contributed by atoms with Crippen LogP contribution in [-0.2, 0) is 9.59 Å². The van der Waals surface area contributed by atoms with Crippen molar-refractivity contribution in [2.24, 2.45) is 28.8 Å². The zero-order valence-corrected chi connectivity index (χ0v) is 11.9. The molecule has 4 nitrogen and oxygen atoms in total. The van der Waals surface area contributed by atoms with Crippen LogP contribution in [0.3, 0.4) is 0 Å². The van der Waals surface area contributed by atoms with E-state index in [0.717, 1.165) is 17.9 Å². The number of hydrogen-bond acceptors (Lipinski definition) is 3. The smallest absolute Gasteiger partial charge is 0.254 e. The number of rotatable bonds is 2. The molecule has 0 unspecified atom stereocenters. The monoisotopic (exact) mass is 298 g/mol. The van der Waals surface area contributed by atoms with Gasteiger partial charge in [0.05, 0.1) is 18.1 Å². The standard InChI is InChI=1S/C17H15FN2O2/c18-13-7-1-10(2-8-13)9-19-20-16(21)14-11-3-4-12(6-5-11)15(14)17(20)22/h1-4,7-9,11-12,14-15H,5-6H2/b19-9-/t11-,12-,14-,15+/m0/s1. The van der Waals surface area contributed by atoms with Gasteiger partial charge in [-0.25, -0.2) is 4.39 Å². The predicted octanol–water partition coefficient (Wildman–Crippen LogP) is 2.36. The minimum absolute atomic E-state index is 0.164. The van der Waals surface area contributed by atoms with Gasteiger partial charge in [-0.1, -0.05) is 24.3 Å². The van der Waals surface area contributed by atoms with Crippen molar-refractivity contribution in [1.29, 1.82) is 0 Å². The van der Waals surface area contributed by atoms with Crippen LogP contribution in [0.1, 0.15) is 18.4 Å². The molecular weight excluding hydrogens is 283 g/mol. The average molecular weight is 298 g/mol. The van der Waals surface area contributed by atoms with Gasteiger partial charge in [0.15, 0.2) is 0 Å². The Hall–Kier alpha value is -2.30. The van der Waals surface area contributed by atoms with Crippen LogP contribution in [0.4, 0.5) is 4.39 Å². The number of allylic oxidation sites excluding steroid dienone is 2. The summed E-state index contributed by atoms with van der Waals surface area (Å²) in [6, 6.07) is 5.75. The largest absolute Gasteiger partial charge is 0.272 e. The number of hydrazone groups is 1. The molecule has 4 aliphatic rings. The summed E-state index contributed by atoms with van der Waals surface area (Å²) in [5.74, 6) is -0.905. The van der Waals surface area contributed by atoms with E-state index in [2.05, 4.69) is 17.3 Å². The number of amides is 2. The van der Waals surface area contributed by atoms with E-state index in [1.165, 1.54) is 18.3 Å². The van der Waals surface area contributed by atoms with E-state index >= 15 is 0 Å². The third kappa shape index (κ3) is 1.92. The lowest BCUT2D eigenvalue weighted by atomic mass is 9.63. The second-order valence-electron chi connectivity index (χ2n) is 6.13. The first-order valence-corrected chi connectivity index (χ1v) is 7.51. The van der Waals surface area contributed by atoms with Crippen molar-refractivity contribution in [1.82, 2.24) is 5.01 Å². The summed E-state index contributed by atoms with van der Waals surface area (Å²) in [6.07, 6.45) is 7.52. The number of fused-ring (bicyclic) bond motifs is 1. The molecule has 1 saturated carbocycles. The van der Waals surface area contributed by atoms with Crippen LogP contribution in [0.15, 0.2) is 41.5 Å². The van der Waals surface area contributed by atoms with E-state index in [-0.39, 0.29) is 41.3 Å². The molecule has 2 fully saturated rings. The summed E-state index contributed by atoms with van der Waals surface area (Å²) < 4.78 is 12.9. The topological polar surface area (TPSA) is 49.7 Å². The third-order valence-corrected chi connectivity index (χ3v) is 4.93. The molecule has 2 bridgehead atoms. The summed E-state index contributed by atoms with van der Waals surface area (Å²) in [4.78, 5) is 25.0. The molecule has 1 heterocycles. The van der Waals surface area contributed by atoms with Crippen molar-refractivity contribution >= 4 is 18.0 Å². The number of halogens is 1. The van der Waals surface area contributed by atoms with E-state index < -0.39 is 0 Å². The Balaban J connectivity index is 1.60. The molecule has 1 aromatic carbocycles. The highest BCUT2D eigenvalue weighted by atomic mass is 19.1. The molecule has 112 valence electrons. The van der Waals surface area contributed by atoms with Crippen molar-refractivity contribution in [3.05, 3.63) is 47.8 Å². The van der Waals surface area contributed by atoms with E-state index in [1.807, 2.05) is 0 Å². The average Bonchev–Trinajstić information content (AvgIpc) is 2.82. The predicted molar refractivity (Wildman–Crippen MR) is 78.2 cm³/mol. The summed E-state index contributed by atoms with van der Waals surface area (Å²) in [7, 11) is 0. The Bertz CT molecular complexity index is 663. The molecule has 0 radical (unpaired) electrons. The van der Waals surface area contributed by atoms with Gasteiger partial charge in [-0.15, -0.1) is 0 Å². The maximum atomic E-state index is 12.9. The Morgan fingerprint density at radius 3 is 2.05 bits per heavy atom. The molecule has 0 N–H and O–H groups in total. The number of nitrogens with zero attached hydrogens (tertiary/aromatic N) is 2. The van der Waals surface area contributed by atoms with Gasteiger partial charge in [0.25, 0.3) is 11.8 Å². The van der Waals surface area contributed by atoms with Gasteiger partial charge >= 0.3 is 0 Å². The van der Waals surface area contributed by atoms with Gasteiger partial charge in [0, 0.05) is 0 Å². The molecule has 1 aliphatic heterocycles. The Labute approximate surface area is 127 Å². The lowest BCUT2D eigenvalue weighted by molar-refractivity contribution is -0.140. The highest BCUT2D eigenvalue weighted by molar-refractivity contribution is 6.06. The van der Waals surface area contributed by atoms with Crippen LogP contribution in [-0.4, -0.2) is 23.0 Å². The summed E-state index contributed by atoms with van der Waals surface area (Å²) in [6.45, 7) is 0. The number of benzene rings is 1.